The van der Waals surface area contributed by atoms with E-state index in [4.69, 9.17) is 4.65 Å². The highest BCUT2D eigenvalue weighted by Gasteiger charge is 2.30. The molecule has 1 aliphatic rings. The SMILES string of the molecule is OB1OCc2ccc(Sc3ccc(C(F)(F)F)cc3)cc21. The van der Waals surface area contributed by atoms with Gasteiger partial charge in [0.05, 0.1) is 12.2 Å². The van der Waals surface area contributed by atoms with Crippen LogP contribution in [-0.2, 0) is 17.4 Å². The van der Waals surface area contributed by atoms with Gasteiger partial charge in [-0.25, -0.2) is 0 Å². The van der Waals surface area contributed by atoms with Gasteiger partial charge < -0.3 is 9.68 Å². The third-order valence-electron chi connectivity index (χ3n) is 3.20. The average molecular weight is 310 g/mol. The molecule has 0 aromatic heterocycles. The molecule has 0 saturated heterocycles. The van der Waals surface area contributed by atoms with Gasteiger partial charge in [0.25, 0.3) is 0 Å². The lowest BCUT2D eigenvalue weighted by Crippen LogP contribution is -2.27. The molecule has 0 bridgehead atoms. The van der Waals surface area contributed by atoms with Gasteiger partial charge in [0.1, 0.15) is 0 Å². The first-order valence-electron chi connectivity index (χ1n) is 6.21. The predicted octanol–water partition coefficient (Wildman–Crippen LogP) is 3.07. The van der Waals surface area contributed by atoms with Crippen molar-refractivity contribution in [1.82, 2.24) is 0 Å². The maximum Gasteiger partial charge on any atom is 0.491 e. The molecule has 0 atom stereocenters. The molecule has 0 radical (unpaired) electrons. The van der Waals surface area contributed by atoms with Crippen LogP contribution in [0.2, 0.25) is 0 Å². The first kappa shape index (κ1) is 14.5. The van der Waals surface area contributed by atoms with Crippen molar-refractivity contribution in [3.63, 3.8) is 0 Å². The zero-order valence-corrected chi connectivity index (χ0v) is 11.5. The summed E-state index contributed by atoms with van der Waals surface area (Å²) < 4.78 is 42.6. The summed E-state index contributed by atoms with van der Waals surface area (Å²) in [5.74, 6) is 0. The normalized spacial score (nSPS) is 14.4. The second-order valence-electron chi connectivity index (χ2n) is 4.65. The van der Waals surface area contributed by atoms with Gasteiger partial charge in [-0.05, 0) is 47.4 Å². The molecule has 1 heterocycles. The summed E-state index contributed by atoms with van der Waals surface area (Å²) in [6.07, 6.45) is -4.32. The molecule has 0 fully saturated rings. The van der Waals surface area contributed by atoms with Crippen LogP contribution in [0.3, 0.4) is 0 Å². The number of benzene rings is 2. The molecule has 21 heavy (non-hydrogen) atoms. The van der Waals surface area contributed by atoms with Crippen molar-refractivity contribution in [2.75, 3.05) is 0 Å². The molecule has 1 aliphatic heterocycles. The Kier molecular flexibility index (Phi) is 3.73. The van der Waals surface area contributed by atoms with Gasteiger partial charge in [0, 0.05) is 9.79 Å². The maximum absolute atomic E-state index is 12.5. The van der Waals surface area contributed by atoms with E-state index < -0.39 is 18.9 Å². The highest BCUT2D eigenvalue weighted by Crippen LogP contribution is 2.33. The van der Waals surface area contributed by atoms with Gasteiger partial charge in [-0.1, -0.05) is 17.8 Å². The Morgan fingerprint density at radius 2 is 1.71 bits per heavy atom. The number of fused-ring (bicyclic) bond motifs is 1. The van der Waals surface area contributed by atoms with Crippen LogP contribution >= 0.6 is 11.8 Å². The van der Waals surface area contributed by atoms with Crippen molar-refractivity contribution >= 4 is 24.3 Å². The van der Waals surface area contributed by atoms with Crippen LogP contribution in [0.5, 0.6) is 0 Å². The van der Waals surface area contributed by atoms with Crippen molar-refractivity contribution in [3.8, 4) is 0 Å². The van der Waals surface area contributed by atoms with E-state index in [1.54, 1.807) is 6.07 Å². The molecule has 0 aliphatic carbocycles. The molecule has 7 heteroatoms. The first-order valence-corrected chi connectivity index (χ1v) is 7.03. The van der Waals surface area contributed by atoms with E-state index in [1.807, 2.05) is 12.1 Å². The summed E-state index contributed by atoms with van der Waals surface area (Å²) in [5.41, 5.74) is 0.982. The van der Waals surface area contributed by atoms with Gasteiger partial charge in [-0.2, -0.15) is 13.2 Å². The Morgan fingerprint density at radius 3 is 2.38 bits per heavy atom. The smallest absolute Gasteiger partial charge is 0.423 e. The highest BCUT2D eigenvalue weighted by molar-refractivity contribution is 7.99. The van der Waals surface area contributed by atoms with Crippen LogP contribution < -0.4 is 5.46 Å². The zero-order valence-electron chi connectivity index (χ0n) is 10.7. The predicted molar refractivity (Wildman–Crippen MR) is 74.4 cm³/mol. The van der Waals surface area contributed by atoms with E-state index in [-0.39, 0.29) is 0 Å². The van der Waals surface area contributed by atoms with Crippen LogP contribution in [0, 0.1) is 0 Å². The van der Waals surface area contributed by atoms with Crippen LogP contribution in [0.15, 0.2) is 52.3 Å². The topological polar surface area (TPSA) is 29.5 Å². The van der Waals surface area contributed by atoms with E-state index in [9.17, 15) is 18.2 Å². The number of alkyl halides is 3. The molecule has 0 amide bonds. The fourth-order valence-corrected chi connectivity index (χ4v) is 2.97. The third-order valence-corrected chi connectivity index (χ3v) is 4.19. The van der Waals surface area contributed by atoms with Gasteiger partial charge in [0.2, 0.25) is 0 Å². The lowest BCUT2D eigenvalue weighted by atomic mass is 9.80. The molecular weight excluding hydrogens is 300 g/mol. The summed E-state index contributed by atoms with van der Waals surface area (Å²) in [4.78, 5) is 1.55. The van der Waals surface area contributed by atoms with E-state index >= 15 is 0 Å². The molecule has 0 spiro atoms. The summed E-state index contributed by atoms with van der Waals surface area (Å²) in [7, 11) is -0.923. The standard InChI is InChI=1S/C14H10BF3O2S/c16-14(17,18)10-2-5-11(6-3-10)21-12-4-1-9-8-20-15(19)13(9)7-12/h1-7,19H,8H2. The zero-order chi connectivity index (χ0) is 15.0. The van der Waals surface area contributed by atoms with E-state index in [2.05, 4.69) is 0 Å². The lowest BCUT2D eigenvalue weighted by Gasteiger charge is -2.08. The maximum atomic E-state index is 12.5. The highest BCUT2D eigenvalue weighted by atomic mass is 32.2. The van der Waals surface area contributed by atoms with Gasteiger partial charge in [0.15, 0.2) is 0 Å². The van der Waals surface area contributed by atoms with Gasteiger partial charge in [-0.3, -0.25) is 0 Å². The molecular formula is C14H10BF3O2S. The Bertz CT molecular complexity index is 658. The molecule has 108 valence electrons. The Labute approximate surface area is 124 Å². The van der Waals surface area contributed by atoms with Gasteiger partial charge in [-0.15, -0.1) is 0 Å². The van der Waals surface area contributed by atoms with Crippen LogP contribution in [0.1, 0.15) is 11.1 Å². The van der Waals surface area contributed by atoms with Crippen molar-refractivity contribution in [1.29, 1.82) is 0 Å². The first-order chi connectivity index (χ1) is 9.93. The van der Waals surface area contributed by atoms with Crippen molar-refractivity contribution in [3.05, 3.63) is 53.6 Å². The third kappa shape index (κ3) is 3.10. The molecule has 0 saturated carbocycles. The Morgan fingerprint density at radius 1 is 1.05 bits per heavy atom. The molecule has 1 N–H and O–H groups in total. The second kappa shape index (κ2) is 5.40. The number of hydrogen-bond acceptors (Lipinski definition) is 3. The van der Waals surface area contributed by atoms with Crippen molar-refractivity contribution in [2.45, 2.75) is 22.6 Å². The quantitative estimate of drug-likeness (QED) is 0.865. The summed E-state index contributed by atoms with van der Waals surface area (Å²) in [6, 6.07) is 10.5. The molecule has 2 aromatic carbocycles. The summed E-state index contributed by atoms with van der Waals surface area (Å²) >= 11 is 1.34. The average Bonchev–Trinajstić information content (AvgIpc) is 2.80. The minimum absolute atomic E-state index is 0.377. The van der Waals surface area contributed by atoms with E-state index in [0.717, 1.165) is 22.6 Å². The van der Waals surface area contributed by atoms with Crippen molar-refractivity contribution in [2.24, 2.45) is 0 Å². The molecule has 2 nitrogen and oxygen atoms in total. The fraction of sp³-hybridized carbons (Fsp3) is 0.143. The number of rotatable bonds is 2. The van der Waals surface area contributed by atoms with Crippen molar-refractivity contribution < 1.29 is 22.8 Å². The van der Waals surface area contributed by atoms with Crippen LogP contribution in [0.25, 0.3) is 0 Å². The molecule has 3 rings (SSSR count). The fourth-order valence-electron chi connectivity index (χ4n) is 2.10. The lowest BCUT2D eigenvalue weighted by molar-refractivity contribution is -0.137. The number of hydrogen-bond donors (Lipinski definition) is 1. The summed E-state index contributed by atoms with van der Waals surface area (Å²) in [6.45, 7) is 0.377. The largest absolute Gasteiger partial charge is 0.491 e. The minimum atomic E-state index is -4.32. The van der Waals surface area contributed by atoms with E-state index in [0.29, 0.717) is 17.0 Å². The second-order valence-corrected chi connectivity index (χ2v) is 5.80. The molecule has 2 aromatic rings. The minimum Gasteiger partial charge on any atom is -0.423 e. The Hall–Kier alpha value is -1.44. The monoisotopic (exact) mass is 310 g/mol. The van der Waals surface area contributed by atoms with Crippen LogP contribution in [0.4, 0.5) is 13.2 Å². The summed E-state index contributed by atoms with van der Waals surface area (Å²) in [5, 5.41) is 9.64. The van der Waals surface area contributed by atoms with E-state index in [1.165, 1.54) is 23.9 Å². The van der Waals surface area contributed by atoms with Gasteiger partial charge >= 0.3 is 13.3 Å². The Balaban J connectivity index is 1.80. The number of halogens is 3. The molecule has 0 unspecified atom stereocenters. The van der Waals surface area contributed by atoms with Crippen LogP contribution in [-0.4, -0.2) is 12.1 Å².